The molecule has 1 atom stereocenters. The molecule has 3 aromatic heterocycles. The zero-order valence-corrected chi connectivity index (χ0v) is 18.8. The van der Waals surface area contributed by atoms with Crippen LogP contribution in [0.5, 0.6) is 0 Å². The van der Waals surface area contributed by atoms with Crippen molar-refractivity contribution in [3.8, 4) is 21.6 Å². The van der Waals surface area contributed by atoms with Crippen molar-refractivity contribution in [3.63, 3.8) is 0 Å². The van der Waals surface area contributed by atoms with Gasteiger partial charge in [-0.3, -0.25) is 4.79 Å². The summed E-state index contributed by atoms with van der Waals surface area (Å²) in [5.41, 5.74) is 4.65. The van der Waals surface area contributed by atoms with Crippen LogP contribution in [0.4, 0.5) is 5.13 Å². The fraction of sp³-hybridized carbons (Fsp3) is 0.292. The predicted octanol–water partition coefficient (Wildman–Crippen LogP) is 5.44. The van der Waals surface area contributed by atoms with E-state index in [-0.39, 0.29) is 12.4 Å². The number of hydrogen-bond donors (Lipinski definition) is 1. The molecule has 1 aromatic carbocycles. The summed E-state index contributed by atoms with van der Waals surface area (Å²) < 4.78 is 7.09. The summed E-state index contributed by atoms with van der Waals surface area (Å²) in [5.74, 6) is -0.268. The van der Waals surface area contributed by atoms with Crippen molar-refractivity contribution in [2.24, 2.45) is 0 Å². The van der Waals surface area contributed by atoms with Gasteiger partial charge in [-0.05, 0) is 31.9 Å². The molecule has 0 aliphatic carbocycles. The van der Waals surface area contributed by atoms with Crippen LogP contribution in [0.3, 0.4) is 0 Å². The molecule has 0 aliphatic rings. The van der Waals surface area contributed by atoms with E-state index in [1.807, 2.05) is 41.2 Å². The van der Waals surface area contributed by atoms with Gasteiger partial charge in [-0.25, -0.2) is 9.97 Å². The Balaban J connectivity index is 1.77. The SMILES string of the molecule is CCOC(=O)Cc1cn2cc(-c3cnc(N[C@H](C)CC)s3)cc(-c3ccccc3)c2n1. The smallest absolute Gasteiger partial charge is 0.311 e. The van der Waals surface area contributed by atoms with Gasteiger partial charge in [0, 0.05) is 35.8 Å². The average molecular weight is 435 g/mol. The number of carbonyl (C=O) groups is 1. The van der Waals surface area contributed by atoms with Crippen molar-refractivity contribution in [2.75, 3.05) is 11.9 Å². The maximum absolute atomic E-state index is 12.0. The zero-order chi connectivity index (χ0) is 21.8. The second-order valence-corrected chi connectivity index (χ2v) is 8.47. The van der Waals surface area contributed by atoms with E-state index in [1.165, 1.54) is 0 Å². The highest BCUT2D eigenvalue weighted by Crippen LogP contribution is 2.34. The molecule has 0 aliphatic heterocycles. The van der Waals surface area contributed by atoms with Crippen molar-refractivity contribution in [1.82, 2.24) is 14.4 Å². The quantitative estimate of drug-likeness (QED) is 0.374. The van der Waals surface area contributed by atoms with Gasteiger partial charge >= 0.3 is 5.97 Å². The van der Waals surface area contributed by atoms with Crippen molar-refractivity contribution >= 4 is 28.1 Å². The number of aromatic nitrogens is 3. The Morgan fingerprint density at radius 3 is 2.74 bits per heavy atom. The topological polar surface area (TPSA) is 68.5 Å². The Morgan fingerprint density at radius 2 is 2.00 bits per heavy atom. The number of pyridine rings is 1. The van der Waals surface area contributed by atoms with Crippen LogP contribution in [0.15, 0.2) is 55.0 Å². The third-order valence-electron chi connectivity index (χ3n) is 5.09. The summed E-state index contributed by atoms with van der Waals surface area (Å²) >= 11 is 1.64. The number of thiazole rings is 1. The molecule has 0 fully saturated rings. The molecule has 0 radical (unpaired) electrons. The molecule has 1 N–H and O–H groups in total. The highest BCUT2D eigenvalue weighted by Gasteiger charge is 2.15. The van der Waals surface area contributed by atoms with E-state index in [9.17, 15) is 4.79 Å². The third kappa shape index (κ3) is 4.77. The number of anilines is 1. The third-order valence-corrected chi connectivity index (χ3v) is 6.07. The lowest BCUT2D eigenvalue weighted by molar-refractivity contribution is -0.142. The largest absolute Gasteiger partial charge is 0.466 e. The van der Waals surface area contributed by atoms with Gasteiger partial charge in [-0.1, -0.05) is 48.6 Å². The van der Waals surface area contributed by atoms with Crippen LogP contribution in [0.2, 0.25) is 0 Å². The van der Waals surface area contributed by atoms with E-state index >= 15 is 0 Å². The normalized spacial score (nSPS) is 12.1. The van der Waals surface area contributed by atoms with Crippen molar-refractivity contribution in [2.45, 2.75) is 39.7 Å². The molecular formula is C24H26N4O2S. The highest BCUT2D eigenvalue weighted by atomic mass is 32.1. The minimum atomic E-state index is -0.268. The molecule has 3 heterocycles. The van der Waals surface area contributed by atoms with Gasteiger partial charge in [-0.2, -0.15) is 0 Å². The number of hydrogen-bond acceptors (Lipinski definition) is 6. The molecule has 160 valence electrons. The lowest BCUT2D eigenvalue weighted by Gasteiger charge is -2.09. The summed E-state index contributed by atoms with van der Waals surface area (Å²) in [6.45, 7) is 6.47. The van der Waals surface area contributed by atoms with Gasteiger partial charge in [0.1, 0.15) is 5.65 Å². The summed E-state index contributed by atoms with van der Waals surface area (Å²) in [6.07, 6.45) is 7.05. The van der Waals surface area contributed by atoms with Gasteiger partial charge in [0.15, 0.2) is 5.13 Å². The molecule has 0 amide bonds. The Morgan fingerprint density at radius 1 is 1.19 bits per heavy atom. The number of fused-ring (bicyclic) bond motifs is 1. The fourth-order valence-corrected chi connectivity index (χ4v) is 4.26. The Kier molecular flexibility index (Phi) is 6.32. The molecule has 4 aromatic rings. The summed E-state index contributed by atoms with van der Waals surface area (Å²) in [6, 6.07) is 12.7. The first-order chi connectivity index (χ1) is 15.1. The number of carbonyl (C=O) groups excluding carboxylic acids is 1. The van der Waals surface area contributed by atoms with Crippen molar-refractivity contribution < 1.29 is 9.53 Å². The first kappa shape index (κ1) is 21.1. The van der Waals surface area contributed by atoms with E-state index in [2.05, 4.69) is 42.3 Å². The molecule has 0 bridgehead atoms. The summed E-state index contributed by atoms with van der Waals surface area (Å²) in [4.78, 5) is 22.3. The molecule has 4 rings (SSSR count). The van der Waals surface area contributed by atoms with Crippen molar-refractivity contribution in [3.05, 3.63) is 60.7 Å². The maximum atomic E-state index is 12.0. The number of imidazole rings is 1. The van der Waals surface area contributed by atoms with Crippen molar-refractivity contribution in [1.29, 1.82) is 0 Å². The Hall–Kier alpha value is -3.19. The van der Waals surface area contributed by atoms with E-state index in [0.717, 1.165) is 38.8 Å². The molecule has 0 unspecified atom stereocenters. The number of rotatable bonds is 8. The van der Waals surface area contributed by atoms with Crippen LogP contribution in [-0.2, 0) is 16.0 Å². The standard InChI is InChI=1S/C24H26N4O2S/c1-4-16(3)26-24-25-13-21(31-24)18-11-20(17-9-7-6-8-10-17)23-27-19(15-28(23)14-18)12-22(29)30-5-2/h6-11,13-16H,4-5,12H2,1-3H3,(H,25,26)/t16-/m1/s1. The fourth-order valence-electron chi connectivity index (χ4n) is 3.35. The highest BCUT2D eigenvalue weighted by molar-refractivity contribution is 7.18. The van der Waals surface area contributed by atoms with Gasteiger partial charge in [0.05, 0.1) is 23.6 Å². The lowest BCUT2D eigenvalue weighted by Crippen LogP contribution is -2.12. The van der Waals surface area contributed by atoms with Crippen LogP contribution < -0.4 is 5.32 Å². The minimum absolute atomic E-state index is 0.155. The second-order valence-electron chi connectivity index (χ2n) is 7.44. The van der Waals surface area contributed by atoms with Crippen LogP contribution in [0.25, 0.3) is 27.2 Å². The predicted molar refractivity (Wildman–Crippen MR) is 125 cm³/mol. The maximum Gasteiger partial charge on any atom is 0.311 e. The van der Waals surface area contributed by atoms with E-state index in [4.69, 9.17) is 9.72 Å². The molecule has 0 saturated carbocycles. The van der Waals surface area contributed by atoms with E-state index < -0.39 is 0 Å². The molecule has 0 spiro atoms. The Labute approximate surface area is 185 Å². The van der Waals surface area contributed by atoms with Gasteiger partial charge < -0.3 is 14.5 Å². The van der Waals surface area contributed by atoms with Crippen LogP contribution in [0.1, 0.15) is 32.9 Å². The minimum Gasteiger partial charge on any atom is -0.466 e. The van der Waals surface area contributed by atoms with Crippen LogP contribution >= 0.6 is 11.3 Å². The molecule has 31 heavy (non-hydrogen) atoms. The summed E-state index contributed by atoms with van der Waals surface area (Å²) in [7, 11) is 0. The number of nitrogens with zero attached hydrogens (tertiary/aromatic N) is 3. The monoisotopic (exact) mass is 434 g/mol. The van der Waals surface area contributed by atoms with Gasteiger partial charge in [-0.15, -0.1) is 0 Å². The molecule has 7 heteroatoms. The molecular weight excluding hydrogens is 408 g/mol. The van der Waals surface area contributed by atoms with Crippen LogP contribution in [-0.4, -0.2) is 33.0 Å². The first-order valence-electron chi connectivity index (χ1n) is 10.5. The lowest BCUT2D eigenvalue weighted by atomic mass is 10.0. The van der Waals surface area contributed by atoms with E-state index in [1.54, 1.807) is 18.3 Å². The number of ether oxygens (including phenoxy) is 1. The number of esters is 1. The first-order valence-corrected chi connectivity index (χ1v) is 11.3. The molecule has 0 saturated heterocycles. The average Bonchev–Trinajstić information content (AvgIpc) is 3.40. The zero-order valence-electron chi connectivity index (χ0n) is 18.0. The Bertz CT molecular complexity index is 1180. The van der Waals surface area contributed by atoms with Gasteiger partial charge in [0.2, 0.25) is 0 Å². The van der Waals surface area contributed by atoms with E-state index in [0.29, 0.717) is 18.3 Å². The molecule has 6 nitrogen and oxygen atoms in total. The summed E-state index contributed by atoms with van der Waals surface area (Å²) in [5, 5.41) is 4.36. The second kappa shape index (κ2) is 9.31. The number of nitrogens with one attached hydrogen (secondary N) is 1. The van der Waals surface area contributed by atoms with Gasteiger partial charge in [0.25, 0.3) is 0 Å². The van der Waals surface area contributed by atoms with Crippen LogP contribution in [0, 0.1) is 0 Å². The number of benzene rings is 1.